The first kappa shape index (κ1) is 18.0. The summed E-state index contributed by atoms with van der Waals surface area (Å²) in [7, 11) is 0. The zero-order valence-electron chi connectivity index (χ0n) is 17.0. The Hall–Kier alpha value is -1.76. The van der Waals surface area contributed by atoms with E-state index < -0.39 is 0 Å². The van der Waals surface area contributed by atoms with Crippen LogP contribution in [0.25, 0.3) is 0 Å². The fourth-order valence-corrected chi connectivity index (χ4v) is 4.04. The molecule has 0 atom stereocenters. The molecule has 1 aliphatic carbocycles. The predicted molar refractivity (Wildman–Crippen MR) is 110 cm³/mol. The summed E-state index contributed by atoms with van der Waals surface area (Å²) in [5.41, 5.74) is 7.44. The predicted octanol–water partition coefficient (Wildman–Crippen LogP) is 7.08. The molecule has 1 N–H and O–H groups in total. The lowest BCUT2D eigenvalue weighted by Gasteiger charge is -2.43. The Morgan fingerprint density at radius 1 is 0.800 bits per heavy atom. The van der Waals surface area contributed by atoms with Crippen molar-refractivity contribution in [1.82, 2.24) is 0 Å². The lowest BCUT2D eigenvalue weighted by atomic mass is 9.62. The van der Waals surface area contributed by atoms with Crippen LogP contribution in [0.3, 0.4) is 0 Å². The Kier molecular flexibility index (Phi) is 4.26. The summed E-state index contributed by atoms with van der Waals surface area (Å²) in [6.45, 7) is 16.3. The van der Waals surface area contributed by atoms with Crippen LogP contribution in [-0.4, -0.2) is 0 Å². The van der Waals surface area contributed by atoms with Crippen molar-refractivity contribution in [2.45, 2.75) is 77.6 Å². The number of rotatable bonds is 2. The van der Waals surface area contributed by atoms with Crippen molar-refractivity contribution >= 4 is 11.4 Å². The lowest BCUT2D eigenvalue weighted by molar-refractivity contribution is 0.333. The minimum atomic E-state index is 0.191. The highest BCUT2D eigenvalue weighted by atomic mass is 14.9. The van der Waals surface area contributed by atoms with Gasteiger partial charge in [0, 0.05) is 11.4 Å². The van der Waals surface area contributed by atoms with Crippen LogP contribution in [0.15, 0.2) is 42.5 Å². The maximum atomic E-state index is 3.70. The van der Waals surface area contributed by atoms with Crippen LogP contribution < -0.4 is 5.32 Å². The molecule has 0 radical (unpaired) electrons. The van der Waals surface area contributed by atoms with Crippen LogP contribution in [0.2, 0.25) is 0 Å². The van der Waals surface area contributed by atoms with Gasteiger partial charge in [-0.25, -0.2) is 0 Å². The summed E-state index contributed by atoms with van der Waals surface area (Å²) < 4.78 is 0. The Bertz CT molecular complexity index is 758. The van der Waals surface area contributed by atoms with Crippen molar-refractivity contribution in [3.05, 3.63) is 59.2 Å². The molecular weight excluding hydrogens is 302 g/mol. The van der Waals surface area contributed by atoms with Crippen molar-refractivity contribution < 1.29 is 0 Å². The molecule has 3 rings (SSSR count). The zero-order valence-corrected chi connectivity index (χ0v) is 17.0. The molecule has 134 valence electrons. The number of fused-ring (bicyclic) bond motifs is 1. The van der Waals surface area contributed by atoms with Crippen molar-refractivity contribution in [3.8, 4) is 0 Å². The largest absolute Gasteiger partial charge is 0.355 e. The Morgan fingerprint density at radius 2 is 1.40 bits per heavy atom. The third kappa shape index (κ3) is 3.47. The van der Waals surface area contributed by atoms with Gasteiger partial charge in [0.05, 0.1) is 0 Å². The second kappa shape index (κ2) is 5.90. The van der Waals surface area contributed by atoms with Gasteiger partial charge in [0.2, 0.25) is 0 Å². The molecule has 1 aliphatic rings. The molecule has 0 heterocycles. The second-order valence-electron chi connectivity index (χ2n) is 9.95. The Balaban J connectivity index is 2.00. The van der Waals surface area contributed by atoms with E-state index in [9.17, 15) is 0 Å². The molecule has 0 saturated heterocycles. The smallest absolute Gasteiger partial charge is 0.0425 e. The van der Waals surface area contributed by atoms with E-state index in [1.54, 1.807) is 0 Å². The third-order valence-electron chi connectivity index (χ3n) is 5.88. The quantitative estimate of drug-likeness (QED) is 0.618. The number of benzene rings is 2. The van der Waals surface area contributed by atoms with Gasteiger partial charge in [-0.1, -0.05) is 72.7 Å². The standard InChI is InChI=1S/C24H33N/c1-22(2,3)17-11-13-18(14-12-17)25-20-10-8-9-19-21(20)24(6,7)16-15-23(19,4)5/h8-14,25H,15-16H2,1-7H3. The molecule has 0 amide bonds. The fourth-order valence-electron chi connectivity index (χ4n) is 4.04. The molecule has 1 heteroatoms. The molecule has 0 bridgehead atoms. The van der Waals surface area contributed by atoms with Crippen LogP contribution in [-0.2, 0) is 16.2 Å². The highest BCUT2D eigenvalue weighted by molar-refractivity contribution is 5.68. The number of nitrogens with one attached hydrogen (secondary N) is 1. The third-order valence-corrected chi connectivity index (χ3v) is 5.88. The second-order valence-corrected chi connectivity index (χ2v) is 9.95. The summed E-state index contributed by atoms with van der Waals surface area (Å²) in [6, 6.07) is 15.7. The summed E-state index contributed by atoms with van der Waals surface area (Å²) >= 11 is 0. The van der Waals surface area contributed by atoms with Crippen molar-refractivity contribution in [2.75, 3.05) is 5.32 Å². The molecule has 0 aromatic heterocycles. The van der Waals surface area contributed by atoms with Gasteiger partial charge in [0.1, 0.15) is 0 Å². The lowest BCUT2D eigenvalue weighted by Crippen LogP contribution is -2.34. The number of hydrogen-bond donors (Lipinski definition) is 1. The minimum Gasteiger partial charge on any atom is -0.355 e. The van der Waals surface area contributed by atoms with Gasteiger partial charge in [-0.2, -0.15) is 0 Å². The van der Waals surface area contributed by atoms with Crippen molar-refractivity contribution in [3.63, 3.8) is 0 Å². The minimum absolute atomic E-state index is 0.191. The van der Waals surface area contributed by atoms with Gasteiger partial charge in [-0.05, 0) is 64.0 Å². The summed E-state index contributed by atoms with van der Waals surface area (Å²) in [5, 5.41) is 3.70. The molecule has 2 aromatic carbocycles. The van der Waals surface area contributed by atoms with Gasteiger partial charge < -0.3 is 5.32 Å². The van der Waals surface area contributed by atoms with Crippen LogP contribution in [0.1, 0.15) is 78.0 Å². The van der Waals surface area contributed by atoms with Gasteiger partial charge in [0.15, 0.2) is 0 Å². The van der Waals surface area contributed by atoms with E-state index in [2.05, 4.69) is 96.2 Å². The van der Waals surface area contributed by atoms with E-state index in [0.717, 1.165) is 0 Å². The Morgan fingerprint density at radius 3 is 2.00 bits per heavy atom. The molecule has 0 saturated carbocycles. The summed E-state index contributed by atoms with van der Waals surface area (Å²) in [6.07, 6.45) is 2.48. The van der Waals surface area contributed by atoms with Crippen LogP contribution in [0.4, 0.5) is 11.4 Å². The number of anilines is 2. The maximum Gasteiger partial charge on any atom is 0.0425 e. The van der Waals surface area contributed by atoms with Gasteiger partial charge >= 0.3 is 0 Å². The number of hydrogen-bond acceptors (Lipinski definition) is 1. The highest BCUT2D eigenvalue weighted by Gasteiger charge is 2.38. The first-order chi connectivity index (χ1) is 11.5. The molecule has 1 nitrogen and oxygen atoms in total. The molecule has 2 aromatic rings. The van der Waals surface area contributed by atoms with Crippen LogP contribution in [0, 0.1) is 0 Å². The highest BCUT2D eigenvalue weighted by Crippen LogP contribution is 2.48. The van der Waals surface area contributed by atoms with E-state index in [1.165, 1.54) is 40.9 Å². The first-order valence-corrected chi connectivity index (χ1v) is 9.52. The molecule has 0 aliphatic heterocycles. The van der Waals surface area contributed by atoms with E-state index in [4.69, 9.17) is 0 Å². The van der Waals surface area contributed by atoms with Crippen molar-refractivity contribution in [1.29, 1.82) is 0 Å². The van der Waals surface area contributed by atoms with Gasteiger partial charge in [-0.3, -0.25) is 0 Å². The zero-order chi connectivity index (χ0) is 18.5. The SMILES string of the molecule is CC(C)(C)c1ccc(Nc2cccc3c2C(C)(C)CCC3(C)C)cc1. The topological polar surface area (TPSA) is 12.0 Å². The molecule has 25 heavy (non-hydrogen) atoms. The molecular formula is C24H33N. The average Bonchev–Trinajstić information content (AvgIpc) is 2.51. The average molecular weight is 336 g/mol. The molecule has 0 spiro atoms. The van der Waals surface area contributed by atoms with Crippen molar-refractivity contribution in [2.24, 2.45) is 0 Å². The monoisotopic (exact) mass is 335 g/mol. The normalized spacial score (nSPS) is 18.5. The van der Waals surface area contributed by atoms with E-state index in [0.29, 0.717) is 0 Å². The van der Waals surface area contributed by atoms with Gasteiger partial charge in [0.25, 0.3) is 0 Å². The maximum absolute atomic E-state index is 3.70. The van der Waals surface area contributed by atoms with E-state index in [1.807, 2.05) is 0 Å². The first-order valence-electron chi connectivity index (χ1n) is 9.52. The fraction of sp³-hybridized carbons (Fsp3) is 0.500. The Labute approximate surface area is 153 Å². The summed E-state index contributed by atoms with van der Waals surface area (Å²) in [5.74, 6) is 0. The molecule has 0 fully saturated rings. The summed E-state index contributed by atoms with van der Waals surface area (Å²) in [4.78, 5) is 0. The van der Waals surface area contributed by atoms with Crippen LogP contribution in [0.5, 0.6) is 0 Å². The van der Waals surface area contributed by atoms with E-state index in [-0.39, 0.29) is 16.2 Å². The molecule has 0 unspecified atom stereocenters. The van der Waals surface area contributed by atoms with E-state index >= 15 is 0 Å². The van der Waals surface area contributed by atoms with Gasteiger partial charge in [-0.15, -0.1) is 0 Å². The van der Waals surface area contributed by atoms with Crippen LogP contribution >= 0.6 is 0 Å².